The zero-order valence-corrected chi connectivity index (χ0v) is 12.8. The predicted molar refractivity (Wildman–Crippen MR) is 84.0 cm³/mol. The van der Waals surface area contributed by atoms with Crippen LogP contribution in [0.25, 0.3) is 0 Å². The summed E-state index contributed by atoms with van der Waals surface area (Å²) in [5.41, 5.74) is 1.20. The van der Waals surface area contributed by atoms with Crippen molar-refractivity contribution in [2.24, 2.45) is 0 Å². The highest BCUT2D eigenvalue weighted by Crippen LogP contribution is 2.33. The molecule has 0 radical (unpaired) electrons. The van der Waals surface area contributed by atoms with Gasteiger partial charge in [0.1, 0.15) is 0 Å². The third kappa shape index (κ3) is 4.11. The monoisotopic (exact) mass is 290 g/mol. The van der Waals surface area contributed by atoms with E-state index in [1.165, 1.54) is 37.9 Å². The first kappa shape index (κ1) is 14.7. The van der Waals surface area contributed by atoms with Crippen molar-refractivity contribution in [3.8, 4) is 11.5 Å². The number of nitrogens with zero attached hydrogens (tertiary/aromatic N) is 1. The average Bonchev–Trinajstić information content (AvgIpc) is 2.78. The van der Waals surface area contributed by atoms with Crippen LogP contribution in [-0.4, -0.2) is 44.3 Å². The summed E-state index contributed by atoms with van der Waals surface area (Å²) >= 11 is 0. The summed E-state index contributed by atoms with van der Waals surface area (Å²) < 4.78 is 11.6. The number of hydrogen-bond acceptors (Lipinski definition) is 4. The summed E-state index contributed by atoms with van der Waals surface area (Å²) in [5, 5.41) is 3.54. The van der Waals surface area contributed by atoms with Gasteiger partial charge >= 0.3 is 0 Å². The second kappa shape index (κ2) is 7.66. The quantitative estimate of drug-likeness (QED) is 0.845. The van der Waals surface area contributed by atoms with Gasteiger partial charge in [-0.05, 0) is 32.0 Å². The van der Waals surface area contributed by atoms with Crippen LogP contribution in [0.1, 0.15) is 31.2 Å². The van der Waals surface area contributed by atoms with Gasteiger partial charge in [0, 0.05) is 31.6 Å². The smallest absolute Gasteiger partial charge is 0.165 e. The molecular weight excluding hydrogens is 264 g/mol. The van der Waals surface area contributed by atoms with Crippen LogP contribution in [-0.2, 0) is 6.54 Å². The van der Waals surface area contributed by atoms with Crippen molar-refractivity contribution in [3.63, 3.8) is 0 Å². The number of nitrogens with one attached hydrogen (secondary N) is 1. The van der Waals surface area contributed by atoms with E-state index in [1.807, 2.05) is 6.07 Å². The maximum Gasteiger partial charge on any atom is 0.165 e. The highest BCUT2D eigenvalue weighted by molar-refractivity contribution is 5.47. The van der Waals surface area contributed by atoms with E-state index in [-0.39, 0.29) is 0 Å². The van der Waals surface area contributed by atoms with Crippen LogP contribution in [0.3, 0.4) is 0 Å². The fourth-order valence-corrected chi connectivity index (χ4v) is 3.04. The minimum atomic E-state index is 0.748. The van der Waals surface area contributed by atoms with Crippen LogP contribution in [0.15, 0.2) is 18.2 Å². The Morgan fingerprint density at radius 2 is 1.86 bits per heavy atom. The molecule has 116 valence electrons. The van der Waals surface area contributed by atoms with Crippen LogP contribution >= 0.6 is 0 Å². The van der Waals surface area contributed by atoms with Crippen molar-refractivity contribution in [2.75, 3.05) is 39.4 Å². The number of hydrogen-bond donors (Lipinski definition) is 1. The maximum atomic E-state index is 5.85. The van der Waals surface area contributed by atoms with Crippen molar-refractivity contribution in [2.45, 2.75) is 32.2 Å². The average molecular weight is 290 g/mol. The lowest BCUT2D eigenvalue weighted by Crippen LogP contribution is -2.35. The molecule has 4 nitrogen and oxygen atoms in total. The first-order chi connectivity index (χ1) is 10.4. The van der Waals surface area contributed by atoms with Gasteiger partial charge < -0.3 is 19.7 Å². The molecule has 2 heterocycles. The number of piperidine rings is 1. The number of likely N-dealkylation sites (tertiary alicyclic amines) is 1. The summed E-state index contributed by atoms with van der Waals surface area (Å²) in [6.45, 7) is 7.05. The predicted octanol–water partition coefficient (Wildman–Crippen LogP) is 2.42. The second-order valence-corrected chi connectivity index (χ2v) is 5.87. The lowest BCUT2D eigenvalue weighted by Gasteiger charge is -2.26. The van der Waals surface area contributed by atoms with Gasteiger partial charge in [-0.2, -0.15) is 0 Å². The van der Waals surface area contributed by atoms with E-state index in [1.54, 1.807) is 0 Å². The second-order valence-electron chi connectivity index (χ2n) is 5.87. The molecule has 3 rings (SSSR count). The topological polar surface area (TPSA) is 33.7 Å². The van der Waals surface area contributed by atoms with E-state index in [2.05, 4.69) is 22.3 Å². The third-order valence-corrected chi connectivity index (χ3v) is 4.22. The zero-order valence-electron chi connectivity index (χ0n) is 12.8. The molecule has 1 aromatic rings. The number of benzene rings is 1. The molecule has 2 aliphatic rings. The first-order valence-corrected chi connectivity index (χ1v) is 8.24. The molecule has 1 saturated heterocycles. The molecule has 4 heteroatoms. The SMILES string of the molecule is c1cc(CNCCN2CCCCC2)c2c(c1)OCCCO2. The Morgan fingerprint density at radius 1 is 1.00 bits per heavy atom. The lowest BCUT2D eigenvalue weighted by atomic mass is 10.1. The van der Waals surface area contributed by atoms with Crippen LogP contribution in [0.4, 0.5) is 0 Å². The Balaban J connectivity index is 1.48. The minimum Gasteiger partial charge on any atom is -0.490 e. The number of para-hydroxylation sites is 1. The first-order valence-electron chi connectivity index (χ1n) is 8.24. The molecular formula is C17H26N2O2. The van der Waals surface area contributed by atoms with Gasteiger partial charge in [0.05, 0.1) is 13.2 Å². The van der Waals surface area contributed by atoms with Gasteiger partial charge in [-0.25, -0.2) is 0 Å². The van der Waals surface area contributed by atoms with Crippen LogP contribution in [0.2, 0.25) is 0 Å². The molecule has 0 spiro atoms. The maximum absolute atomic E-state index is 5.85. The van der Waals surface area contributed by atoms with Crippen molar-refractivity contribution in [1.82, 2.24) is 10.2 Å². The fraction of sp³-hybridized carbons (Fsp3) is 0.647. The molecule has 0 saturated carbocycles. The Morgan fingerprint density at radius 3 is 2.76 bits per heavy atom. The minimum absolute atomic E-state index is 0.748. The number of fused-ring (bicyclic) bond motifs is 1. The molecule has 0 amide bonds. The normalized spacial score (nSPS) is 19.2. The summed E-state index contributed by atoms with van der Waals surface area (Å²) in [5.74, 6) is 1.82. The summed E-state index contributed by atoms with van der Waals surface area (Å²) in [6.07, 6.45) is 5.07. The van der Waals surface area contributed by atoms with Gasteiger partial charge in [0.2, 0.25) is 0 Å². The Bertz CT molecular complexity index is 444. The third-order valence-electron chi connectivity index (χ3n) is 4.22. The van der Waals surface area contributed by atoms with Crippen LogP contribution < -0.4 is 14.8 Å². The van der Waals surface area contributed by atoms with E-state index in [9.17, 15) is 0 Å². The Kier molecular flexibility index (Phi) is 5.35. The van der Waals surface area contributed by atoms with Crippen molar-refractivity contribution in [3.05, 3.63) is 23.8 Å². The van der Waals surface area contributed by atoms with E-state index in [4.69, 9.17) is 9.47 Å². The molecule has 2 aliphatic heterocycles. The Hall–Kier alpha value is -1.26. The molecule has 1 fully saturated rings. The van der Waals surface area contributed by atoms with Gasteiger partial charge in [-0.3, -0.25) is 0 Å². The van der Waals surface area contributed by atoms with Gasteiger partial charge in [-0.1, -0.05) is 18.6 Å². The molecule has 0 unspecified atom stereocenters. The van der Waals surface area contributed by atoms with E-state index >= 15 is 0 Å². The standard InChI is InChI=1S/C17H26N2O2/c1-2-9-19(10-3-1)11-8-18-14-15-6-4-7-16-17(15)21-13-5-12-20-16/h4,6-7,18H,1-3,5,8-14H2. The van der Waals surface area contributed by atoms with Crippen molar-refractivity contribution < 1.29 is 9.47 Å². The summed E-state index contributed by atoms with van der Waals surface area (Å²) in [6, 6.07) is 6.18. The number of rotatable bonds is 5. The van der Waals surface area contributed by atoms with Gasteiger partial charge in [0.25, 0.3) is 0 Å². The fourth-order valence-electron chi connectivity index (χ4n) is 3.04. The zero-order chi connectivity index (χ0) is 14.3. The van der Waals surface area contributed by atoms with Crippen LogP contribution in [0.5, 0.6) is 11.5 Å². The van der Waals surface area contributed by atoms with E-state index < -0.39 is 0 Å². The van der Waals surface area contributed by atoms with E-state index in [0.29, 0.717) is 0 Å². The summed E-state index contributed by atoms with van der Waals surface area (Å²) in [4.78, 5) is 2.56. The molecule has 1 aromatic carbocycles. The highest BCUT2D eigenvalue weighted by atomic mass is 16.5. The molecule has 0 bridgehead atoms. The van der Waals surface area contributed by atoms with Crippen LogP contribution in [0, 0.1) is 0 Å². The lowest BCUT2D eigenvalue weighted by molar-refractivity contribution is 0.229. The largest absolute Gasteiger partial charge is 0.490 e. The van der Waals surface area contributed by atoms with Gasteiger partial charge in [0.15, 0.2) is 11.5 Å². The highest BCUT2D eigenvalue weighted by Gasteiger charge is 2.14. The molecule has 0 aromatic heterocycles. The van der Waals surface area contributed by atoms with E-state index in [0.717, 1.165) is 50.8 Å². The molecule has 0 atom stereocenters. The molecule has 0 aliphatic carbocycles. The van der Waals surface area contributed by atoms with Crippen molar-refractivity contribution in [1.29, 1.82) is 0 Å². The summed E-state index contributed by atoms with van der Waals surface area (Å²) in [7, 11) is 0. The van der Waals surface area contributed by atoms with Crippen molar-refractivity contribution >= 4 is 0 Å². The molecule has 21 heavy (non-hydrogen) atoms. The molecule has 1 N–H and O–H groups in total. The number of ether oxygens (including phenoxy) is 2. The van der Waals surface area contributed by atoms with Gasteiger partial charge in [-0.15, -0.1) is 0 Å². The Labute approximate surface area is 127 Å².